The molecule has 0 aromatic heterocycles. The topological polar surface area (TPSA) is 52.6 Å². The van der Waals surface area contributed by atoms with Crippen LogP contribution in [0.4, 0.5) is 0 Å². The molecule has 1 aliphatic heterocycles. The summed E-state index contributed by atoms with van der Waals surface area (Å²) in [5, 5.41) is 15.0. The van der Waals surface area contributed by atoms with Gasteiger partial charge in [0, 0.05) is 25.2 Å². The molecule has 0 spiro atoms. The molecule has 5 rings (SSSR count). The van der Waals surface area contributed by atoms with Crippen LogP contribution in [-0.2, 0) is 16.9 Å². The minimum atomic E-state index is -1.71. The van der Waals surface area contributed by atoms with Gasteiger partial charge in [0.2, 0.25) is 0 Å². The molecule has 2 aliphatic rings. The summed E-state index contributed by atoms with van der Waals surface area (Å²) in [7, 11) is 0. The van der Waals surface area contributed by atoms with Gasteiger partial charge in [0.25, 0.3) is 5.91 Å². The van der Waals surface area contributed by atoms with Crippen molar-refractivity contribution in [3.63, 3.8) is 0 Å². The van der Waals surface area contributed by atoms with Gasteiger partial charge in [-0.15, -0.1) is 0 Å². The Hall–Kier alpha value is -2.95. The van der Waals surface area contributed by atoms with Gasteiger partial charge in [0.1, 0.15) is 0 Å². The Morgan fingerprint density at radius 3 is 2.00 bits per heavy atom. The van der Waals surface area contributed by atoms with E-state index in [1.54, 1.807) is 0 Å². The molecule has 0 radical (unpaired) electrons. The van der Waals surface area contributed by atoms with Crippen LogP contribution in [0.2, 0.25) is 0 Å². The Morgan fingerprint density at radius 1 is 0.871 bits per heavy atom. The van der Waals surface area contributed by atoms with Gasteiger partial charge in [-0.05, 0) is 35.4 Å². The van der Waals surface area contributed by atoms with E-state index in [0.29, 0.717) is 23.1 Å². The predicted octanol–water partition coefficient (Wildman–Crippen LogP) is 3.70. The average Bonchev–Trinajstić information content (AvgIpc) is 3.36. The Morgan fingerprint density at radius 2 is 1.42 bits per heavy atom. The van der Waals surface area contributed by atoms with Crippen molar-refractivity contribution in [1.29, 1.82) is 0 Å². The molecule has 4 nitrogen and oxygen atoms in total. The first-order chi connectivity index (χ1) is 15.2. The van der Waals surface area contributed by atoms with Crippen molar-refractivity contribution in [2.24, 2.45) is 5.92 Å². The average molecular weight is 413 g/mol. The Kier molecular flexibility index (Phi) is 5.34. The lowest BCUT2D eigenvalue weighted by Crippen LogP contribution is -2.52. The molecular weight excluding hydrogens is 384 g/mol. The maximum atomic E-state index is 13.6. The predicted molar refractivity (Wildman–Crippen MR) is 121 cm³/mol. The molecule has 3 aromatic rings. The monoisotopic (exact) mass is 412 g/mol. The number of carbonyl (C=O) groups excluding carboxylic acids is 1. The zero-order valence-electron chi connectivity index (χ0n) is 17.5. The number of carbonyl (C=O) groups is 1. The highest BCUT2D eigenvalue weighted by Crippen LogP contribution is 2.40. The molecule has 2 fully saturated rings. The second-order valence-corrected chi connectivity index (χ2v) is 8.76. The smallest absolute Gasteiger partial charge is 0.261 e. The third kappa shape index (κ3) is 3.67. The lowest BCUT2D eigenvalue weighted by Gasteiger charge is -2.31. The first-order valence-corrected chi connectivity index (χ1v) is 11.1. The Bertz CT molecular complexity index is 983. The Labute approximate surface area is 183 Å². The second kappa shape index (κ2) is 8.29. The molecule has 158 valence electrons. The van der Waals surface area contributed by atoms with E-state index < -0.39 is 5.60 Å². The quantitative estimate of drug-likeness (QED) is 0.649. The third-order valence-corrected chi connectivity index (χ3v) is 6.93. The summed E-state index contributed by atoms with van der Waals surface area (Å²) >= 11 is 0. The van der Waals surface area contributed by atoms with Crippen molar-refractivity contribution in [3.05, 3.63) is 108 Å². The normalized spacial score (nSPS) is 23.1. The van der Waals surface area contributed by atoms with Crippen molar-refractivity contribution < 1.29 is 9.90 Å². The molecule has 1 saturated heterocycles. The van der Waals surface area contributed by atoms with Crippen LogP contribution in [-0.4, -0.2) is 34.5 Å². The number of aliphatic hydroxyl groups is 1. The number of rotatable bonds is 6. The van der Waals surface area contributed by atoms with Gasteiger partial charge in [-0.3, -0.25) is 9.69 Å². The van der Waals surface area contributed by atoms with Gasteiger partial charge < -0.3 is 10.4 Å². The molecule has 1 heterocycles. The van der Waals surface area contributed by atoms with Crippen molar-refractivity contribution >= 4 is 5.91 Å². The number of nitrogens with one attached hydrogen (secondary N) is 1. The first-order valence-electron chi connectivity index (χ1n) is 11.1. The Balaban J connectivity index is 1.39. The third-order valence-electron chi connectivity index (χ3n) is 6.93. The fourth-order valence-corrected chi connectivity index (χ4v) is 5.37. The number of piperidine rings is 1. The van der Waals surface area contributed by atoms with Crippen LogP contribution < -0.4 is 5.32 Å². The molecule has 1 saturated carbocycles. The van der Waals surface area contributed by atoms with Crippen LogP contribution in [0, 0.1) is 5.92 Å². The van der Waals surface area contributed by atoms with Crippen LogP contribution in [0.1, 0.15) is 29.5 Å². The summed E-state index contributed by atoms with van der Waals surface area (Å²) in [4.78, 5) is 16.1. The SMILES string of the molecule is O=C(NC1C2CCC1N(Cc1ccccc1)C2)C(O)(c1ccccc1)c1ccccc1. The lowest BCUT2D eigenvalue weighted by atomic mass is 9.85. The van der Waals surface area contributed by atoms with E-state index in [4.69, 9.17) is 0 Å². The van der Waals surface area contributed by atoms with Gasteiger partial charge in [-0.25, -0.2) is 0 Å². The second-order valence-electron chi connectivity index (χ2n) is 8.76. The zero-order valence-corrected chi connectivity index (χ0v) is 17.5. The minimum absolute atomic E-state index is 0.0650. The van der Waals surface area contributed by atoms with E-state index >= 15 is 0 Å². The summed E-state index contributed by atoms with van der Waals surface area (Å²) in [6.07, 6.45) is 2.20. The van der Waals surface area contributed by atoms with Crippen LogP contribution in [0.25, 0.3) is 0 Å². The lowest BCUT2D eigenvalue weighted by molar-refractivity contribution is -0.137. The maximum absolute atomic E-state index is 13.6. The molecule has 1 amide bonds. The highest BCUT2D eigenvalue weighted by atomic mass is 16.3. The number of fused-ring (bicyclic) bond motifs is 2. The van der Waals surface area contributed by atoms with Crippen LogP contribution in [0.15, 0.2) is 91.0 Å². The van der Waals surface area contributed by atoms with E-state index in [-0.39, 0.29) is 11.9 Å². The number of benzene rings is 3. The van der Waals surface area contributed by atoms with E-state index in [9.17, 15) is 9.90 Å². The number of likely N-dealkylation sites (tertiary alicyclic amines) is 1. The van der Waals surface area contributed by atoms with Crippen molar-refractivity contribution in [1.82, 2.24) is 10.2 Å². The minimum Gasteiger partial charge on any atom is -0.372 e. The van der Waals surface area contributed by atoms with Gasteiger partial charge in [0.15, 0.2) is 5.60 Å². The van der Waals surface area contributed by atoms with E-state index in [1.165, 1.54) is 5.56 Å². The number of nitrogens with zero attached hydrogens (tertiary/aromatic N) is 1. The summed E-state index contributed by atoms with van der Waals surface area (Å²) in [5.74, 6) is 0.0850. The van der Waals surface area contributed by atoms with Gasteiger partial charge >= 0.3 is 0 Å². The first kappa shape index (κ1) is 20.0. The number of amides is 1. The molecule has 3 aromatic carbocycles. The highest BCUT2D eigenvalue weighted by molar-refractivity contribution is 5.90. The van der Waals surface area contributed by atoms with E-state index in [0.717, 1.165) is 25.9 Å². The van der Waals surface area contributed by atoms with Crippen LogP contribution in [0.5, 0.6) is 0 Å². The fourth-order valence-electron chi connectivity index (χ4n) is 5.37. The maximum Gasteiger partial charge on any atom is 0.261 e. The number of hydrogen-bond acceptors (Lipinski definition) is 3. The number of hydrogen-bond donors (Lipinski definition) is 2. The largest absolute Gasteiger partial charge is 0.372 e. The van der Waals surface area contributed by atoms with Gasteiger partial charge in [-0.1, -0.05) is 91.0 Å². The van der Waals surface area contributed by atoms with Crippen molar-refractivity contribution in [2.45, 2.75) is 37.1 Å². The van der Waals surface area contributed by atoms with Crippen molar-refractivity contribution in [2.75, 3.05) is 6.54 Å². The molecule has 31 heavy (non-hydrogen) atoms. The molecule has 3 atom stereocenters. The summed E-state index contributed by atoms with van der Waals surface area (Å²) in [6.45, 7) is 1.88. The molecular formula is C27H28N2O2. The van der Waals surface area contributed by atoms with Gasteiger partial charge in [-0.2, -0.15) is 0 Å². The van der Waals surface area contributed by atoms with Crippen LogP contribution in [0.3, 0.4) is 0 Å². The van der Waals surface area contributed by atoms with Crippen molar-refractivity contribution in [3.8, 4) is 0 Å². The van der Waals surface area contributed by atoms with E-state index in [1.807, 2.05) is 66.7 Å². The molecule has 1 aliphatic carbocycles. The zero-order chi connectivity index (χ0) is 21.3. The molecule has 2 bridgehead atoms. The summed E-state index contributed by atoms with van der Waals surface area (Å²) in [6, 6.07) is 29.4. The molecule has 2 N–H and O–H groups in total. The van der Waals surface area contributed by atoms with Crippen LogP contribution >= 0.6 is 0 Å². The summed E-state index contributed by atoms with van der Waals surface area (Å²) < 4.78 is 0. The molecule has 4 heteroatoms. The van der Waals surface area contributed by atoms with E-state index in [2.05, 4.69) is 34.5 Å². The van der Waals surface area contributed by atoms with Gasteiger partial charge in [0.05, 0.1) is 0 Å². The standard InChI is InChI=1S/C27H28N2O2/c30-26(27(31,22-12-6-2-7-13-22)23-14-8-3-9-15-23)28-25-21-16-17-24(25)29(19-21)18-20-10-4-1-5-11-20/h1-15,21,24-25,31H,16-19H2,(H,28,30). The fraction of sp³-hybridized carbons (Fsp3) is 0.296. The molecule has 3 unspecified atom stereocenters. The highest BCUT2D eigenvalue weighted by Gasteiger charge is 2.50. The summed E-state index contributed by atoms with van der Waals surface area (Å²) in [5.41, 5.74) is 0.759.